The summed E-state index contributed by atoms with van der Waals surface area (Å²) in [6, 6.07) is 5.81. The van der Waals surface area contributed by atoms with Crippen LogP contribution in [0.1, 0.15) is 45.1 Å². The lowest BCUT2D eigenvalue weighted by Gasteiger charge is -2.38. The molecule has 5 heteroatoms. The first kappa shape index (κ1) is 17.8. The average Bonchev–Trinajstić information content (AvgIpc) is 2.66. The molecule has 0 aliphatic carbocycles. The topological polar surface area (TPSA) is 66.6 Å². The molecule has 0 bridgehead atoms. The van der Waals surface area contributed by atoms with Gasteiger partial charge in [0.2, 0.25) is 11.8 Å². The van der Waals surface area contributed by atoms with E-state index in [1.54, 1.807) is 0 Å². The Morgan fingerprint density at radius 2 is 2.08 bits per heavy atom. The molecule has 2 amide bonds. The average molecular weight is 343 g/mol. The predicted octanol–water partition coefficient (Wildman–Crippen LogP) is 2.83. The number of piperidine rings is 1. The van der Waals surface area contributed by atoms with E-state index in [1.165, 1.54) is 0 Å². The second kappa shape index (κ2) is 7.46. The lowest BCUT2D eigenvalue weighted by atomic mass is 9.92. The Balaban J connectivity index is 1.76. The summed E-state index contributed by atoms with van der Waals surface area (Å²) >= 11 is 0. The van der Waals surface area contributed by atoms with E-state index >= 15 is 0 Å². The Bertz CT molecular complexity index is 658. The molecule has 5 nitrogen and oxygen atoms in total. The van der Waals surface area contributed by atoms with Crippen LogP contribution in [0.15, 0.2) is 18.2 Å². The fraction of sp³-hybridized carbons (Fsp3) is 0.600. The van der Waals surface area contributed by atoms with Gasteiger partial charge in [0.15, 0.2) is 0 Å². The molecule has 0 saturated carbocycles. The van der Waals surface area contributed by atoms with Crippen molar-refractivity contribution in [3.05, 3.63) is 23.8 Å². The molecular formula is C20H29N3O2. The van der Waals surface area contributed by atoms with Gasteiger partial charge in [0, 0.05) is 36.9 Å². The van der Waals surface area contributed by atoms with Gasteiger partial charge >= 0.3 is 0 Å². The van der Waals surface area contributed by atoms with Crippen molar-refractivity contribution in [2.45, 2.75) is 46.0 Å². The SMILES string of the molecule is CCC(C)C(=O)N1CCCC(C(=O)N2CCCc3c(N)cccc32)C1. The number of amides is 2. The quantitative estimate of drug-likeness (QED) is 0.858. The zero-order valence-corrected chi connectivity index (χ0v) is 15.3. The summed E-state index contributed by atoms with van der Waals surface area (Å²) in [5.74, 6) is 0.259. The molecule has 1 aromatic rings. The largest absolute Gasteiger partial charge is 0.398 e. The highest BCUT2D eigenvalue weighted by Gasteiger charge is 2.34. The van der Waals surface area contributed by atoms with Gasteiger partial charge in [-0.25, -0.2) is 0 Å². The number of hydrogen-bond donors (Lipinski definition) is 1. The molecule has 2 aliphatic heterocycles. The highest BCUT2D eigenvalue weighted by Crippen LogP contribution is 2.33. The molecule has 2 atom stereocenters. The van der Waals surface area contributed by atoms with E-state index in [2.05, 4.69) is 0 Å². The number of hydrogen-bond acceptors (Lipinski definition) is 3. The van der Waals surface area contributed by atoms with Gasteiger partial charge in [0.25, 0.3) is 0 Å². The zero-order valence-electron chi connectivity index (χ0n) is 15.3. The summed E-state index contributed by atoms with van der Waals surface area (Å²) in [6.07, 6.45) is 4.46. The fourth-order valence-corrected chi connectivity index (χ4v) is 3.97. The summed E-state index contributed by atoms with van der Waals surface area (Å²) < 4.78 is 0. The van der Waals surface area contributed by atoms with Crippen molar-refractivity contribution < 1.29 is 9.59 Å². The van der Waals surface area contributed by atoms with Crippen LogP contribution in [0.25, 0.3) is 0 Å². The van der Waals surface area contributed by atoms with Crippen LogP contribution in [0.3, 0.4) is 0 Å². The molecule has 25 heavy (non-hydrogen) atoms. The number of rotatable bonds is 3. The van der Waals surface area contributed by atoms with E-state index in [4.69, 9.17) is 5.73 Å². The van der Waals surface area contributed by atoms with Gasteiger partial charge in [-0.3, -0.25) is 9.59 Å². The number of nitrogens with zero attached hydrogens (tertiary/aromatic N) is 2. The maximum Gasteiger partial charge on any atom is 0.231 e. The molecule has 2 N–H and O–H groups in total. The van der Waals surface area contributed by atoms with Crippen molar-refractivity contribution in [1.29, 1.82) is 0 Å². The molecule has 136 valence electrons. The van der Waals surface area contributed by atoms with Crippen LogP contribution >= 0.6 is 0 Å². The number of likely N-dealkylation sites (tertiary alicyclic amines) is 1. The summed E-state index contributed by atoms with van der Waals surface area (Å²) in [6.45, 7) is 6.07. The zero-order chi connectivity index (χ0) is 18.0. The second-order valence-electron chi connectivity index (χ2n) is 7.37. The number of nitrogens with two attached hydrogens (primary N) is 1. The van der Waals surface area contributed by atoms with Gasteiger partial charge in [-0.05, 0) is 49.8 Å². The lowest BCUT2D eigenvalue weighted by Crippen LogP contribution is -2.49. The third kappa shape index (κ3) is 3.51. The van der Waals surface area contributed by atoms with Crippen LogP contribution in [0.5, 0.6) is 0 Å². The number of fused-ring (bicyclic) bond motifs is 1. The van der Waals surface area contributed by atoms with Crippen LogP contribution in [0.4, 0.5) is 11.4 Å². The Morgan fingerprint density at radius 1 is 1.28 bits per heavy atom. The normalized spacial score (nSPS) is 21.6. The maximum absolute atomic E-state index is 13.2. The van der Waals surface area contributed by atoms with E-state index in [1.807, 2.05) is 41.8 Å². The van der Waals surface area contributed by atoms with Crippen molar-refractivity contribution in [3.63, 3.8) is 0 Å². The highest BCUT2D eigenvalue weighted by molar-refractivity contribution is 5.97. The molecule has 2 aliphatic rings. The maximum atomic E-state index is 13.2. The van der Waals surface area contributed by atoms with Gasteiger partial charge < -0.3 is 15.5 Å². The standard InChI is InChI=1S/C20H29N3O2/c1-3-14(2)19(24)22-11-5-7-15(13-22)20(25)23-12-6-8-16-17(21)9-4-10-18(16)23/h4,9-10,14-15H,3,5-8,11-13,21H2,1-2H3. The van der Waals surface area contributed by atoms with Gasteiger partial charge in [-0.15, -0.1) is 0 Å². The summed E-state index contributed by atoms with van der Waals surface area (Å²) in [5, 5.41) is 0. The minimum absolute atomic E-state index is 0.0318. The third-order valence-electron chi connectivity index (χ3n) is 5.67. The van der Waals surface area contributed by atoms with Crippen molar-refractivity contribution in [2.75, 3.05) is 30.3 Å². The van der Waals surface area contributed by atoms with E-state index in [0.29, 0.717) is 6.54 Å². The van der Waals surface area contributed by atoms with Crippen molar-refractivity contribution in [2.24, 2.45) is 11.8 Å². The van der Waals surface area contributed by atoms with E-state index in [-0.39, 0.29) is 23.7 Å². The monoisotopic (exact) mass is 343 g/mol. The molecule has 0 spiro atoms. The van der Waals surface area contributed by atoms with Crippen LogP contribution in [-0.4, -0.2) is 36.3 Å². The molecule has 1 aromatic carbocycles. The van der Waals surface area contributed by atoms with Crippen LogP contribution < -0.4 is 10.6 Å². The first-order chi connectivity index (χ1) is 12.0. The highest BCUT2D eigenvalue weighted by atomic mass is 16.2. The van der Waals surface area contributed by atoms with Crippen LogP contribution in [0.2, 0.25) is 0 Å². The molecule has 2 unspecified atom stereocenters. The molecule has 1 saturated heterocycles. The minimum Gasteiger partial charge on any atom is -0.398 e. The Morgan fingerprint density at radius 3 is 2.84 bits per heavy atom. The van der Waals surface area contributed by atoms with Crippen molar-refractivity contribution in [3.8, 4) is 0 Å². The molecule has 0 aromatic heterocycles. The Labute approximate surface area is 150 Å². The first-order valence-corrected chi connectivity index (χ1v) is 9.50. The second-order valence-corrected chi connectivity index (χ2v) is 7.37. The fourth-order valence-electron chi connectivity index (χ4n) is 3.97. The Hall–Kier alpha value is -2.04. The Kier molecular flexibility index (Phi) is 5.30. The molecule has 3 rings (SSSR count). The number of nitrogen functional groups attached to an aromatic ring is 1. The number of carbonyl (C=O) groups excluding carboxylic acids is 2. The first-order valence-electron chi connectivity index (χ1n) is 9.50. The van der Waals surface area contributed by atoms with Gasteiger partial charge in [0.1, 0.15) is 0 Å². The van der Waals surface area contributed by atoms with Gasteiger partial charge in [-0.1, -0.05) is 19.9 Å². The molecule has 0 radical (unpaired) electrons. The lowest BCUT2D eigenvalue weighted by molar-refractivity contribution is -0.138. The molecular weight excluding hydrogens is 314 g/mol. The predicted molar refractivity (Wildman–Crippen MR) is 100 cm³/mol. The summed E-state index contributed by atoms with van der Waals surface area (Å²) in [5.41, 5.74) is 8.92. The van der Waals surface area contributed by atoms with Crippen LogP contribution in [0, 0.1) is 11.8 Å². The minimum atomic E-state index is -0.103. The van der Waals surface area contributed by atoms with E-state index in [9.17, 15) is 9.59 Å². The van der Waals surface area contributed by atoms with E-state index in [0.717, 1.165) is 62.1 Å². The van der Waals surface area contributed by atoms with Crippen LogP contribution in [-0.2, 0) is 16.0 Å². The third-order valence-corrected chi connectivity index (χ3v) is 5.67. The summed E-state index contributed by atoms with van der Waals surface area (Å²) in [7, 11) is 0. The summed E-state index contributed by atoms with van der Waals surface area (Å²) in [4.78, 5) is 29.5. The smallest absolute Gasteiger partial charge is 0.231 e. The van der Waals surface area contributed by atoms with Crippen molar-refractivity contribution in [1.82, 2.24) is 4.90 Å². The molecule has 2 heterocycles. The van der Waals surface area contributed by atoms with Gasteiger partial charge in [0.05, 0.1) is 5.92 Å². The molecule has 1 fully saturated rings. The van der Waals surface area contributed by atoms with E-state index < -0.39 is 0 Å². The van der Waals surface area contributed by atoms with Crippen molar-refractivity contribution >= 4 is 23.2 Å². The number of anilines is 2. The number of benzene rings is 1. The van der Waals surface area contributed by atoms with Gasteiger partial charge in [-0.2, -0.15) is 0 Å². The number of carbonyl (C=O) groups is 2.